The molecule has 3 rings (SSSR count). The van der Waals surface area contributed by atoms with Gasteiger partial charge in [0.2, 0.25) is 0 Å². The van der Waals surface area contributed by atoms with Gasteiger partial charge in [-0.25, -0.2) is 0 Å². The van der Waals surface area contributed by atoms with Crippen molar-refractivity contribution in [1.82, 2.24) is 4.98 Å². The Morgan fingerprint density at radius 3 is 2.95 bits per heavy atom. The van der Waals surface area contributed by atoms with E-state index in [2.05, 4.69) is 4.98 Å². The number of hydrogen-bond donors (Lipinski definition) is 1. The Balaban J connectivity index is 1.76. The van der Waals surface area contributed by atoms with Crippen molar-refractivity contribution in [2.75, 3.05) is 25.6 Å². The number of rotatable bonds is 3. The smallest absolute Gasteiger partial charge is 0.130 e. The van der Waals surface area contributed by atoms with Crippen LogP contribution in [0.1, 0.15) is 12.8 Å². The summed E-state index contributed by atoms with van der Waals surface area (Å²) in [4.78, 5) is 4.32. The van der Waals surface area contributed by atoms with Crippen molar-refractivity contribution in [2.24, 2.45) is 5.92 Å². The number of nitrogens with zero attached hydrogens (tertiary/aromatic N) is 1. The van der Waals surface area contributed by atoms with Crippen LogP contribution in [0, 0.1) is 5.92 Å². The van der Waals surface area contributed by atoms with Crippen LogP contribution in [0.25, 0.3) is 10.9 Å². The maximum atomic E-state index is 5.96. The van der Waals surface area contributed by atoms with Crippen molar-refractivity contribution in [1.29, 1.82) is 0 Å². The summed E-state index contributed by atoms with van der Waals surface area (Å²) in [7, 11) is 0. The Hall–Kier alpha value is -1.81. The highest BCUT2D eigenvalue weighted by molar-refractivity contribution is 5.87. The second-order valence-electron chi connectivity index (χ2n) is 4.95. The molecule has 0 aliphatic carbocycles. The molecule has 0 bridgehead atoms. The maximum absolute atomic E-state index is 5.96. The summed E-state index contributed by atoms with van der Waals surface area (Å²) in [5.41, 5.74) is 7.37. The molecule has 1 saturated heterocycles. The van der Waals surface area contributed by atoms with Gasteiger partial charge in [0, 0.05) is 30.5 Å². The Morgan fingerprint density at radius 2 is 2.11 bits per heavy atom. The molecule has 1 fully saturated rings. The lowest BCUT2D eigenvalue weighted by Gasteiger charge is -2.22. The first kappa shape index (κ1) is 12.2. The fraction of sp³-hybridized carbons (Fsp3) is 0.400. The van der Waals surface area contributed by atoms with Crippen molar-refractivity contribution in [3.8, 4) is 5.75 Å². The zero-order valence-corrected chi connectivity index (χ0v) is 10.8. The number of fused-ring (bicyclic) bond motifs is 1. The summed E-state index contributed by atoms with van der Waals surface area (Å²) in [5.74, 6) is 1.47. The third kappa shape index (κ3) is 2.79. The minimum atomic E-state index is 0.589. The van der Waals surface area contributed by atoms with E-state index in [1.807, 2.05) is 24.3 Å². The highest BCUT2D eigenvalue weighted by Crippen LogP contribution is 2.26. The Labute approximate surface area is 112 Å². The highest BCUT2D eigenvalue weighted by atomic mass is 16.5. The van der Waals surface area contributed by atoms with E-state index >= 15 is 0 Å². The van der Waals surface area contributed by atoms with Gasteiger partial charge in [0.25, 0.3) is 0 Å². The van der Waals surface area contributed by atoms with Gasteiger partial charge < -0.3 is 15.2 Å². The van der Waals surface area contributed by atoms with Crippen molar-refractivity contribution < 1.29 is 9.47 Å². The van der Waals surface area contributed by atoms with Gasteiger partial charge in [-0.15, -0.1) is 0 Å². The van der Waals surface area contributed by atoms with E-state index in [4.69, 9.17) is 15.2 Å². The first-order valence-corrected chi connectivity index (χ1v) is 6.68. The second kappa shape index (κ2) is 5.45. The molecule has 1 aromatic heterocycles. The number of pyridine rings is 1. The molecule has 0 amide bonds. The third-order valence-corrected chi connectivity index (χ3v) is 3.54. The first-order chi connectivity index (χ1) is 9.33. The van der Waals surface area contributed by atoms with Crippen molar-refractivity contribution >= 4 is 16.6 Å². The third-order valence-electron chi connectivity index (χ3n) is 3.54. The normalized spacial score (nSPS) is 16.6. The monoisotopic (exact) mass is 258 g/mol. The molecule has 1 aromatic carbocycles. The van der Waals surface area contributed by atoms with Crippen LogP contribution in [-0.2, 0) is 4.74 Å². The maximum Gasteiger partial charge on any atom is 0.130 e. The summed E-state index contributed by atoms with van der Waals surface area (Å²) in [6, 6.07) is 7.64. The van der Waals surface area contributed by atoms with Crippen molar-refractivity contribution in [3.63, 3.8) is 0 Å². The van der Waals surface area contributed by atoms with E-state index in [0.29, 0.717) is 5.92 Å². The summed E-state index contributed by atoms with van der Waals surface area (Å²) in [5, 5.41) is 1.02. The van der Waals surface area contributed by atoms with Crippen molar-refractivity contribution in [2.45, 2.75) is 12.8 Å². The van der Waals surface area contributed by atoms with Crippen LogP contribution in [-0.4, -0.2) is 24.8 Å². The van der Waals surface area contributed by atoms with Crippen LogP contribution < -0.4 is 10.5 Å². The van der Waals surface area contributed by atoms with Gasteiger partial charge in [0.1, 0.15) is 5.75 Å². The first-order valence-electron chi connectivity index (χ1n) is 6.68. The molecule has 2 N–H and O–H groups in total. The Morgan fingerprint density at radius 1 is 1.26 bits per heavy atom. The van der Waals surface area contributed by atoms with E-state index in [9.17, 15) is 0 Å². The van der Waals surface area contributed by atoms with Gasteiger partial charge in [-0.3, -0.25) is 4.98 Å². The van der Waals surface area contributed by atoms with E-state index < -0.39 is 0 Å². The van der Waals surface area contributed by atoms with E-state index in [0.717, 1.165) is 55.0 Å². The van der Waals surface area contributed by atoms with Crippen molar-refractivity contribution in [3.05, 3.63) is 30.5 Å². The fourth-order valence-electron chi connectivity index (χ4n) is 2.39. The largest absolute Gasteiger partial charge is 0.493 e. The van der Waals surface area contributed by atoms with E-state index in [-0.39, 0.29) is 0 Å². The number of benzene rings is 1. The SMILES string of the molecule is Nc1ccc2c(OCC3CCOCC3)ccnc2c1. The van der Waals surface area contributed by atoms with Crippen LogP contribution >= 0.6 is 0 Å². The fourth-order valence-corrected chi connectivity index (χ4v) is 2.39. The molecule has 0 saturated carbocycles. The van der Waals surface area contributed by atoms with E-state index in [1.165, 1.54) is 0 Å². The second-order valence-corrected chi connectivity index (χ2v) is 4.95. The summed E-state index contributed by atoms with van der Waals surface area (Å²) in [6.07, 6.45) is 3.92. The lowest BCUT2D eigenvalue weighted by molar-refractivity contribution is 0.0500. The van der Waals surface area contributed by atoms with Crippen LogP contribution in [0.4, 0.5) is 5.69 Å². The van der Waals surface area contributed by atoms with Gasteiger partial charge >= 0.3 is 0 Å². The number of aromatic nitrogens is 1. The highest BCUT2D eigenvalue weighted by Gasteiger charge is 2.15. The molecule has 19 heavy (non-hydrogen) atoms. The molecule has 2 heterocycles. The van der Waals surface area contributed by atoms with Gasteiger partial charge in [-0.05, 0) is 43.0 Å². The van der Waals surface area contributed by atoms with E-state index in [1.54, 1.807) is 6.20 Å². The molecular formula is C15H18N2O2. The van der Waals surface area contributed by atoms with Gasteiger partial charge in [0.05, 0.1) is 12.1 Å². The quantitative estimate of drug-likeness (QED) is 0.860. The molecule has 1 aliphatic heterocycles. The van der Waals surface area contributed by atoms with Crippen LogP contribution in [0.15, 0.2) is 30.5 Å². The Kier molecular flexibility index (Phi) is 3.51. The zero-order valence-electron chi connectivity index (χ0n) is 10.8. The van der Waals surface area contributed by atoms with Gasteiger partial charge in [-0.2, -0.15) is 0 Å². The molecule has 4 nitrogen and oxygen atoms in total. The minimum Gasteiger partial charge on any atom is -0.493 e. The zero-order chi connectivity index (χ0) is 13.1. The number of ether oxygens (including phenoxy) is 2. The molecule has 0 spiro atoms. The molecule has 1 aliphatic rings. The summed E-state index contributed by atoms with van der Waals surface area (Å²) < 4.78 is 11.3. The number of nitrogen functional groups attached to an aromatic ring is 1. The van der Waals surface area contributed by atoms with Gasteiger partial charge in [0.15, 0.2) is 0 Å². The molecule has 0 radical (unpaired) electrons. The Bertz CT molecular complexity index is 565. The molecular weight excluding hydrogens is 240 g/mol. The van der Waals surface area contributed by atoms with Crippen LogP contribution in [0.2, 0.25) is 0 Å². The summed E-state index contributed by atoms with van der Waals surface area (Å²) in [6.45, 7) is 2.44. The lowest BCUT2D eigenvalue weighted by Crippen LogP contribution is -2.21. The topological polar surface area (TPSA) is 57.4 Å². The molecule has 100 valence electrons. The number of nitrogens with two attached hydrogens (primary N) is 1. The number of anilines is 1. The molecule has 4 heteroatoms. The predicted octanol–water partition coefficient (Wildman–Crippen LogP) is 2.62. The number of hydrogen-bond acceptors (Lipinski definition) is 4. The standard InChI is InChI=1S/C15H18N2O2/c16-12-1-2-13-14(9-12)17-6-3-15(13)19-10-11-4-7-18-8-5-11/h1-3,6,9,11H,4-5,7-8,10,16H2. The predicted molar refractivity (Wildman–Crippen MR) is 75.2 cm³/mol. The average Bonchev–Trinajstić information content (AvgIpc) is 2.45. The van der Waals surface area contributed by atoms with Crippen LogP contribution in [0.3, 0.4) is 0 Å². The van der Waals surface area contributed by atoms with Gasteiger partial charge in [-0.1, -0.05) is 0 Å². The molecule has 2 aromatic rings. The van der Waals surface area contributed by atoms with Crippen LogP contribution in [0.5, 0.6) is 5.75 Å². The minimum absolute atomic E-state index is 0.589. The molecule has 0 unspecified atom stereocenters. The average molecular weight is 258 g/mol. The summed E-state index contributed by atoms with van der Waals surface area (Å²) >= 11 is 0. The lowest BCUT2D eigenvalue weighted by atomic mass is 10.0. The molecule has 0 atom stereocenters.